The van der Waals surface area contributed by atoms with Crippen molar-refractivity contribution in [3.05, 3.63) is 94.8 Å². The Morgan fingerprint density at radius 3 is 2.32 bits per heavy atom. The third kappa shape index (κ3) is 4.62. The molecule has 1 saturated heterocycles. The number of Topliss-reactive ketones (excluding diaryl/α,β-unsaturated/α-hetero) is 1. The number of nitrogens with zero attached hydrogens (tertiary/aromatic N) is 2. The SMILES string of the molecule is CC(=O)c1ccc(-c2ccc(/C=C3\C(=O)N([C@@H]4CCS(=O)(=O)C4)C(=O)C(C#N)=C3c3ccccc3)o2)cc1. The van der Waals surface area contributed by atoms with E-state index in [2.05, 4.69) is 0 Å². The van der Waals surface area contributed by atoms with Crippen molar-refractivity contribution in [1.82, 2.24) is 4.90 Å². The highest BCUT2D eigenvalue weighted by Gasteiger charge is 2.45. The van der Waals surface area contributed by atoms with Gasteiger partial charge in [0.25, 0.3) is 11.8 Å². The molecule has 1 aromatic heterocycles. The summed E-state index contributed by atoms with van der Waals surface area (Å²) in [7, 11) is -3.40. The zero-order valence-corrected chi connectivity index (χ0v) is 21.2. The minimum atomic E-state index is -3.40. The average Bonchev–Trinajstić information content (AvgIpc) is 3.52. The lowest BCUT2D eigenvalue weighted by atomic mass is 9.87. The second-order valence-electron chi connectivity index (χ2n) is 9.16. The van der Waals surface area contributed by atoms with E-state index in [1.165, 1.54) is 13.0 Å². The molecule has 190 valence electrons. The minimum Gasteiger partial charge on any atom is -0.457 e. The van der Waals surface area contributed by atoms with E-state index >= 15 is 0 Å². The standard InChI is InChI=1S/C29H22N2O6S/c1-18(32)19-7-9-20(10-8-19)26-12-11-23(37-26)15-24-27(21-5-3-2-4-6-21)25(16-30)29(34)31(28(24)33)22-13-14-38(35,36)17-22/h2-12,15,22H,13-14,17H2,1H3/b24-15-/t22-/m1/s1. The molecule has 0 N–H and O–H groups in total. The second kappa shape index (κ2) is 9.72. The van der Waals surface area contributed by atoms with Gasteiger partial charge in [0, 0.05) is 16.7 Å². The van der Waals surface area contributed by atoms with E-state index in [4.69, 9.17) is 4.42 Å². The average molecular weight is 527 g/mol. The van der Waals surface area contributed by atoms with Crippen LogP contribution < -0.4 is 0 Å². The van der Waals surface area contributed by atoms with Crippen LogP contribution in [0, 0.1) is 11.3 Å². The number of carbonyl (C=O) groups excluding carboxylic acids is 3. The quantitative estimate of drug-likeness (QED) is 0.279. The predicted molar refractivity (Wildman–Crippen MR) is 140 cm³/mol. The third-order valence-electron chi connectivity index (χ3n) is 6.64. The molecular weight excluding hydrogens is 504 g/mol. The highest BCUT2D eigenvalue weighted by atomic mass is 32.2. The molecule has 0 bridgehead atoms. The molecule has 2 aromatic carbocycles. The van der Waals surface area contributed by atoms with E-state index in [0.29, 0.717) is 22.6 Å². The maximum atomic E-state index is 13.8. The molecule has 8 nitrogen and oxygen atoms in total. The Labute approximate surface area is 219 Å². The van der Waals surface area contributed by atoms with Crippen LogP contribution in [0.4, 0.5) is 0 Å². The molecule has 1 fully saturated rings. The van der Waals surface area contributed by atoms with E-state index in [1.807, 2.05) is 6.07 Å². The maximum absolute atomic E-state index is 13.8. The van der Waals surface area contributed by atoms with Crippen LogP contribution in [0.25, 0.3) is 23.0 Å². The fourth-order valence-corrected chi connectivity index (χ4v) is 6.44. The van der Waals surface area contributed by atoms with Crippen molar-refractivity contribution in [1.29, 1.82) is 5.26 Å². The van der Waals surface area contributed by atoms with Gasteiger partial charge in [-0.15, -0.1) is 0 Å². The van der Waals surface area contributed by atoms with Gasteiger partial charge in [-0.3, -0.25) is 19.3 Å². The first-order chi connectivity index (χ1) is 18.2. The molecule has 2 aliphatic rings. The molecule has 0 unspecified atom stereocenters. The van der Waals surface area contributed by atoms with Crippen LogP contribution in [-0.2, 0) is 19.4 Å². The Morgan fingerprint density at radius 2 is 1.71 bits per heavy atom. The van der Waals surface area contributed by atoms with Crippen molar-refractivity contribution in [2.24, 2.45) is 0 Å². The van der Waals surface area contributed by atoms with Crippen LogP contribution in [0.15, 0.2) is 82.3 Å². The summed E-state index contributed by atoms with van der Waals surface area (Å²) >= 11 is 0. The third-order valence-corrected chi connectivity index (χ3v) is 8.39. The van der Waals surface area contributed by atoms with E-state index in [1.54, 1.807) is 66.7 Å². The van der Waals surface area contributed by atoms with Crippen molar-refractivity contribution in [3.8, 4) is 17.4 Å². The van der Waals surface area contributed by atoms with Crippen LogP contribution >= 0.6 is 0 Å². The van der Waals surface area contributed by atoms with E-state index in [9.17, 15) is 28.1 Å². The van der Waals surface area contributed by atoms with Crippen molar-refractivity contribution in [3.63, 3.8) is 0 Å². The van der Waals surface area contributed by atoms with Crippen molar-refractivity contribution in [2.45, 2.75) is 19.4 Å². The first-order valence-electron chi connectivity index (χ1n) is 11.9. The summed E-state index contributed by atoms with van der Waals surface area (Å²) in [6.45, 7) is 1.48. The number of benzene rings is 2. The summed E-state index contributed by atoms with van der Waals surface area (Å²) in [5, 5.41) is 9.98. The molecule has 0 radical (unpaired) electrons. The molecule has 3 aromatic rings. The van der Waals surface area contributed by atoms with E-state index in [0.717, 1.165) is 10.5 Å². The Morgan fingerprint density at radius 1 is 1.00 bits per heavy atom. The van der Waals surface area contributed by atoms with Gasteiger partial charge in [0.15, 0.2) is 15.6 Å². The number of hydrogen-bond donors (Lipinski definition) is 0. The molecule has 0 saturated carbocycles. The first kappa shape index (κ1) is 25.1. The van der Waals surface area contributed by atoms with Crippen LogP contribution in [0.2, 0.25) is 0 Å². The molecule has 1 atom stereocenters. The Balaban J connectivity index is 1.62. The fraction of sp³-hybridized carbons (Fsp3) is 0.172. The van der Waals surface area contributed by atoms with Crippen LogP contribution in [-0.4, -0.2) is 48.5 Å². The summed E-state index contributed by atoms with van der Waals surface area (Å²) in [5.74, 6) is -1.21. The fourth-order valence-electron chi connectivity index (χ4n) is 4.74. The summed E-state index contributed by atoms with van der Waals surface area (Å²) in [6.07, 6.45) is 1.59. The zero-order valence-electron chi connectivity index (χ0n) is 20.4. The van der Waals surface area contributed by atoms with Gasteiger partial charge in [0.05, 0.1) is 23.1 Å². The molecule has 0 aliphatic carbocycles. The molecule has 5 rings (SSSR count). The molecule has 0 spiro atoms. The highest BCUT2D eigenvalue weighted by molar-refractivity contribution is 7.91. The summed E-state index contributed by atoms with van der Waals surface area (Å²) in [6, 6.07) is 20.0. The molecule has 38 heavy (non-hydrogen) atoms. The normalized spacial score (nSPS) is 20.2. The molecular formula is C29H22N2O6S. The van der Waals surface area contributed by atoms with Gasteiger partial charge in [0.1, 0.15) is 23.2 Å². The lowest BCUT2D eigenvalue weighted by Crippen LogP contribution is -2.49. The predicted octanol–water partition coefficient (Wildman–Crippen LogP) is 4.07. The second-order valence-corrected chi connectivity index (χ2v) is 11.4. The zero-order chi connectivity index (χ0) is 27.0. The smallest absolute Gasteiger partial charge is 0.272 e. The Kier molecular flexibility index (Phi) is 6.43. The summed E-state index contributed by atoms with van der Waals surface area (Å²) in [4.78, 5) is 39.6. The van der Waals surface area contributed by atoms with E-state index < -0.39 is 27.7 Å². The number of carbonyl (C=O) groups is 3. The van der Waals surface area contributed by atoms with Crippen LogP contribution in [0.1, 0.15) is 35.0 Å². The van der Waals surface area contributed by atoms with Crippen molar-refractivity contribution < 1.29 is 27.2 Å². The number of amides is 2. The number of hydrogen-bond acceptors (Lipinski definition) is 7. The monoisotopic (exact) mass is 526 g/mol. The van der Waals surface area contributed by atoms with Gasteiger partial charge >= 0.3 is 0 Å². The Hall–Kier alpha value is -4.55. The highest BCUT2D eigenvalue weighted by Crippen LogP contribution is 2.37. The van der Waals surface area contributed by atoms with Gasteiger partial charge in [-0.05, 0) is 37.1 Å². The van der Waals surface area contributed by atoms with Gasteiger partial charge in [-0.2, -0.15) is 5.26 Å². The topological polar surface area (TPSA) is 126 Å². The summed E-state index contributed by atoms with van der Waals surface area (Å²) in [5.41, 5.74) is 1.78. The number of furan rings is 1. The van der Waals surface area contributed by atoms with Gasteiger partial charge in [-0.1, -0.05) is 54.6 Å². The van der Waals surface area contributed by atoms with Crippen LogP contribution in [0.3, 0.4) is 0 Å². The number of imide groups is 1. The van der Waals surface area contributed by atoms with E-state index in [-0.39, 0.29) is 40.4 Å². The number of ketones is 1. The minimum absolute atomic E-state index is 0.0556. The molecule has 9 heteroatoms. The summed E-state index contributed by atoms with van der Waals surface area (Å²) < 4.78 is 30.2. The van der Waals surface area contributed by atoms with Crippen LogP contribution in [0.5, 0.6) is 0 Å². The first-order valence-corrected chi connectivity index (χ1v) is 13.7. The maximum Gasteiger partial charge on any atom is 0.272 e. The number of sulfone groups is 1. The molecule has 3 heterocycles. The van der Waals surface area contributed by atoms with Crippen molar-refractivity contribution in [2.75, 3.05) is 11.5 Å². The lowest BCUT2D eigenvalue weighted by Gasteiger charge is -2.32. The molecule has 2 aliphatic heterocycles. The van der Waals surface area contributed by atoms with Gasteiger partial charge < -0.3 is 4.42 Å². The largest absolute Gasteiger partial charge is 0.457 e. The van der Waals surface area contributed by atoms with Crippen molar-refractivity contribution >= 4 is 39.1 Å². The number of nitriles is 1. The Bertz CT molecular complexity index is 1670. The lowest BCUT2D eigenvalue weighted by molar-refractivity contribution is -0.142. The molecule has 2 amide bonds. The van der Waals surface area contributed by atoms with Gasteiger partial charge in [0.2, 0.25) is 0 Å². The van der Waals surface area contributed by atoms with Gasteiger partial charge in [-0.25, -0.2) is 8.42 Å². The number of rotatable bonds is 5.